The van der Waals surface area contributed by atoms with Crippen molar-refractivity contribution >= 4 is 69.6 Å². The Morgan fingerprint density at radius 1 is 0.756 bits per heavy atom. The molecule has 18 heteroatoms. The number of rotatable bonds is 12. The fourth-order valence-corrected chi connectivity index (χ4v) is 5.91. The van der Waals surface area contributed by atoms with Crippen molar-refractivity contribution in [3.8, 4) is 5.75 Å². The van der Waals surface area contributed by atoms with E-state index in [0.29, 0.717) is 22.0 Å². The second-order valence-electron chi connectivity index (χ2n) is 9.60. The van der Waals surface area contributed by atoms with Crippen molar-refractivity contribution in [2.45, 2.75) is 18.7 Å². The number of nitrogens with zero attached hydrogens (tertiary/aromatic N) is 4. The molecule has 0 saturated carbocycles. The molecule has 0 aliphatic rings. The average Bonchev–Trinajstić information content (AvgIpc) is 2.95. The lowest BCUT2D eigenvalue weighted by Gasteiger charge is -2.13. The van der Waals surface area contributed by atoms with Crippen LogP contribution >= 0.6 is 0 Å². The standard InChI is InChI=1S/C27H27N5O10S3/c1-17-5-3-4-6-23(17)30-32-26-22-15-18(2)25(27(33)21(22)11-12-24(26)28-16-44(36,37)38)31-29-19-7-9-20(10-8-19)43(34,35)14-13-42-45(39,40)41/h3-12,15,28,33H,13-14,16H2,1-2H3,(H,36,37,38)(H,39,40,41). The summed E-state index contributed by atoms with van der Waals surface area (Å²) in [5, 5.41) is 31.4. The van der Waals surface area contributed by atoms with Gasteiger partial charge in [-0.05, 0) is 73.5 Å². The first-order valence-electron chi connectivity index (χ1n) is 12.9. The first-order valence-corrected chi connectivity index (χ1v) is 17.5. The van der Waals surface area contributed by atoms with E-state index in [4.69, 9.17) is 4.55 Å². The van der Waals surface area contributed by atoms with Crippen LogP contribution in [0, 0.1) is 13.8 Å². The van der Waals surface area contributed by atoms with Crippen LogP contribution in [0.15, 0.2) is 92.1 Å². The van der Waals surface area contributed by atoms with Crippen molar-refractivity contribution in [2.24, 2.45) is 20.5 Å². The van der Waals surface area contributed by atoms with Crippen LogP contribution in [0.2, 0.25) is 0 Å². The molecular formula is C27H27N5O10S3. The van der Waals surface area contributed by atoms with E-state index in [1.807, 2.05) is 19.1 Å². The summed E-state index contributed by atoms with van der Waals surface area (Å²) in [6, 6.07) is 17.0. The SMILES string of the molecule is Cc1ccccc1N=Nc1c(NCS(=O)(=O)O)ccc2c(O)c(N=Nc3ccc(S(=O)(=O)CCOS(=O)(=O)O)cc3)c(C)cc12. The van der Waals surface area contributed by atoms with Crippen molar-refractivity contribution in [1.29, 1.82) is 0 Å². The maximum atomic E-state index is 12.4. The first kappa shape index (κ1) is 33.6. The molecule has 0 fully saturated rings. The lowest BCUT2D eigenvalue weighted by Crippen LogP contribution is -2.15. The third-order valence-corrected chi connectivity index (χ3v) is 8.96. The van der Waals surface area contributed by atoms with E-state index in [1.165, 1.54) is 36.4 Å². The van der Waals surface area contributed by atoms with Gasteiger partial charge >= 0.3 is 10.4 Å². The number of hydrogen-bond acceptors (Lipinski definition) is 13. The molecule has 238 valence electrons. The molecule has 0 bridgehead atoms. The van der Waals surface area contributed by atoms with Gasteiger partial charge in [-0.25, -0.2) is 12.6 Å². The molecule has 0 amide bonds. The molecule has 0 unspecified atom stereocenters. The Kier molecular flexibility index (Phi) is 9.95. The monoisotopic (exact) mass is 677 g/mol. The maximum absolute atomic E-state index is 12.4. The van der Waals surface area contributed by atoms with Gasteiger partial charge in [0.15, 0.2) is 15.6 Å². The third-order valence-electron chi connectivity index (χ3n) is 6.29. The van der Waals surface area contributed by atoms with E-state index < -0.39 is 48.6 Å². The molecule has 0 saturated heterocycles. The molecule has 0 heterocycles. The van der Waals surface area contributed by atoms with Crippen molar-refractivity contribution in [3.05, 3.63) is 77.9 Å². The Morgan fingerprint density at radius 3 is 2.07 bits per heavy atom. The predicted molar refractivity (Wildman–Crippen MR) is 166 cm³/mol. The lowest BCUT2D eigenvalue weighted by atomic mass is 10.0. The van der Waals surface area contributed by atoms with E-state index in [-0.39, 0.29) is 33.4 Å². The lowest BCUT2D eigenvalue weighted by molar-refractivity contribution is 0.284. The summed E-state index contributed by atoms with van der Waals surface area (Å²) in [7, 11) is -13.1. The first-order chi connectivity index (χ1) is 21.0. The van der Waals surface area contributed by atoms with Crippen LogP contribution in [-0.2, 0) is 34.5 Å². The highest BCUT2D eigenvalue weighted by Crippen LogP contribution is 2.45. The zero-order chi connectivity index (χ0) is 33.0. The van der Waals surface area contributed by atoms with Crippen LogP contribution in [-0.4, -0.2) is 57.7 Å². The average molecular weight is 678 g/mol. The summed E-state index contributed by atoms with van der Waals surface area (Å²) in [5.74, 6) is -1.75. The molecule has 4 aromatic carbocycles. The highest BCUT2D eigenvalue weighted by molar-refractivity contribution is 7.91. The fraction of sp³-hybridized carbons (Fsp3) is 0.185. The molecule has 45 heavy (non-hydrogen) atoms. The number of phenols is 1. The van der Waals surface area contributed by atoms with Gasteiger partial charge in [0, 0.05) is 10.8 Å². The molecule has 0 atom stereocenters. The molecule has 0 spiro atoms. The summed E-state index contributed by atoms with van der Waals surface area (Å²) in [6.07, 6.45) is 0. The topological polar surface area (TPSA) is 234 Å². The Morgan fingerprint density at radius 2 is 1.42 bits per heavy atom. The van der Waals surface area contributed by atoms with E-state index in [0.717, 1.165) is 5.56 Å². The zero-order valence-electron chi connectivity index (χ0n) is 23.7. The number of aryl methyl sites for hydroxylation is 2. The Hall–Kier alpha value is -4.33. The van der Waals surface area contributed by atoms with Gasteiger partial charge in [-0.15, -0.1) is 10.2 Å². The number of benzene rings is 4. The van der Waals surface area contributed by atoms with Gasteiger partial charge in [-0.2, -0.15) is 27.1 Å². The van der Waals surface area contributed by atoms with Crippen LogP contribution < -0.4 is 5.32 Å². The van der Waals surface area contributed by atoms with Crippen LogP contribution in [0.3, 0.4) is 0 Å². The second kappa shape index (κ2) is 13.3. The summed E-state index contributed by atoms with van der Waals surface area (Å²) < 4.78 is 90.8. The summed E-state index contributed by atoms with van der Waals surface area (Å²) in [6.45, 7) is 2.73. The van der Waals surface area contributed by atoms with Gasteiger partial charge in [-0.1, -0.05) is 18.2 Å². The van der Waals surface area contributed by atoms with E-state index in [1.54, 1.807) is 25.1 Å². The van der Waals surface area contributed by atoms with Crippen LogP contribution in [0.25, 0.3) is 10.8 Å². The zero-order valence-corrected chi connectivity index (χ0v) is 26.1. The van der Waals surface area contributed by atoms with Gasteiger partial charge in [-0.3, -0.25) is 9.11 Å². The van der Waals surface area contributed by atoms with Gasteiger partial charge in [0.1, 0.15) is 17.3 Å². The molecule has 0 radical (unpaired) electrons. The molecule has 4 aromatic rings. The largest absolute Gasteiger partial charge is 0.505 e. The van der Waals surface area contributed by atoms with Crippen LogP contribution in [0.5, 0.6) is 5.75 Å². The molecule has 0 aliphatic carbocycles. The summed E-state index contributed by atoms with van der Waals surface area (Å²) in [5.41, 5.74) is 2.62. The summed E-state index contributed by atoms with van der Waals surface area (Å²) >= 11 is 0. The highest BCUT2D eigenvalue weighted by atomic mass is 32.3. The van der Waals surface area contributed by atoms with E-state index in [2.05, 4.69) is 30.0 Å². The quantitative estimate of drug-likeness (QED) is 0.103. The molecule has 4 N–H and O–H groups in total. The smallest absolute Gasteiger partial charge is 0.397 e. The number of sulfone groups is 1. The number of fused-ring (bicyclic) bond motifs is 1. The van der Waals surface area contributed by atoms with E-state index in [9.17, 15) is 34.9 Å². The highest BCUT2D eigenvalue weighted by Gasteiger charge is 2.18. The molecule has 4 rings (SSSR count). The van der Waals surface area contributed by atoms with Crippen LogP contribution in [0.4, 0.5) is 28.4 Å². The Bertz CT molecular complexity index is 2130. The minimum absolute atomic E-state index is 0.0991. The third kappa shape index (κ3) is 8.87. The fourth-order valence-electron chi connectivity index (χ4n) is 4.08. The molecule has 0 aliphatic heterocycles. The Labute approximate surface area is 258 Å². The van der Waals surface area contributed by atoms with Crippen LogP contribution in [0.1, 0.15) is 11.1 Å². The minimum Gasteiger partial charge on any atom is -0.505 e. The van der Waals surface area contributed by atoms with Crippen molar-refractivity contribution < 1.29 is 43.6 Å². The molecule has 0 aromatic heterocycles. The summed E-state index contributed by atoms with van der Waals surface area (Å²) in [4.78, 5) is -0.143. The second-order valence-corrected chi connectivity index (χ2v) is 14.3. The van der Waals surface area contributed by atoms with Crippen molar-refractivity contribution in [3.63, 3.8) is 0 Å². The number of hydrogen-bond donors (Lipinski definition) is 4. The van der Waals surface area contributed by atoms with Gasteiger partial charge < -0.3 is 10.4 Å². The number of nitrogens with one attached hydrogen (secondary N) is 1. The van der Waals surface area contributed by atoms with Gasteiger partial charge in [0.05, 0.1) is 34.3 Å². The molecule has 15 nitrogen and oxygen atoms in total. The van der Waals surface area contributed by atoms with Crippen molar-refractivity contribution in [1.82, 2.24) is 0 Å². The number of aromatic hydroxyl groups is 1. The van der Waals surface area contributed by atoms with Gasteiger partial charge in [0.25, 0.3) is 10.1 Å². The van der Waals surface area contributed by atoms with Crippen molar-refractivity contribution in [2.75, 3.05) is 23.6 Å². The van der Waals surface area contributed by atoms with E-state index >= 15 is 0 Å². The Balaban J connectivity index is 1.68. The predicted octanol–water partition coefficient (Wildman–Crippen LogP) is 5.84. The normalized spacial score (nSPS) is 12.8. The maximum Gasteiger partial charge on any atom is 0.397 e. The number of anilines is 1. The minimum atomic E-state index is -4.78. The number of azo groups is 2. The molecular weight excluding hydrogens is 651 g/mol. The van der Waals surface area contributed by atoms with Gasteiger partial charge in [0.2, 0.25) is 0 Å². The number of phenolic OH excluding ortho intramolecular Hbond substituents is 1.